The average Bonchev–Trinajstić information content (AvgIpc) is 3.46. The second-order valence-corrected chi connectivity index (χ2v) is 8.55. The van der Waals surface area contributed by atoms with Crippen molar-refractivity contribution in [2.45, 2.75) is 18.9 Å². The number of piperazine rings is 1. The van der Waals surface area contributed by atoms with Gasteiger partial charge in [-0.15, -0.1) is 0 Å². The number of hydrogen-bond donors (Lipinski definition) is 0. The first-order valence-electron chi connectivity index (χ1n) is 9.22. The summed E-state index contributed by atoms with van der Waals surface area (Å²) in [4.78, 5) is 17.1. The molecule has 1 amide bonds. The van der Waals surface area contributed by atoms with Crippen molar-refractivity contribution in [1.82, 2.24) is 9.80 Å². The molecule has 1 aliphatic heterocycles. The Morgan fingerprint density at radius 3 is 2.19 bits per heavy atom. The molecule has 0 aromatic heterocycles. The van der Waals surface area contributed by atoms with E-state index in [0.29, 0.717) is 16.0 Å². The highest BCUT2D eigenvalue weighted by Gasteiger charge is 2.46. The minimum absolute atomic E-state index is 0.121. The SMILES string of the molecule is O=C(C1CC1c1ccc(Cl)cc1)N1CCN(Cc2c(Cl)cccc2Cl)CC1. The standard InChI is InChI=1S/C21H21Cl3N2O/c22-15-6-4-14(5-7-15)16-12-17(16)21(27)26-10-8-25(9-11-26)13-18-19(23)2-1-3-20(18)24/h1-7,16-17H,8-13H2. The van der Waals surface area contributed by atoms with Crippen LogP contribution in [0.3, 0.4) is 0 Å². The van der Waals surface area contributed by atoms with E-state index in [0.717, 1.165) is 49.7 Å². The van der Waals surface area contributed by atoms with Crippen molar-refractivity contribution in [3.05, 3.63) is 68.7 Å². The molecule has 2 fully saturated rings. The Labute approximate surface area is 174 Å². The first-order chi connectivity index (χ1) is 13.0. The van der Waals surface area contributed by atoms with Crippen LogP contribution in [0.2, 0.25) is 15.1 Å². The Hall–Kier alpha value is -1.26. The van der Waals surface area contributed by atoms with Crippen LogP contribution < -0.4 is 0 Å². The smallest absolute Gasteiger partial charge is 0.226 e. The van der Waals surface area contributed by atoms with E-state index in [9.17, 15) is 4.79 Å². The number of carbonyl (C=O) groups is 1. The van der Waals surface area contributed by atoms with Crippen molar-refractivity contribution in [3.8, 4) is 0 Å². The quantitative estimate of drug-likeness (QED) is 0.683. The number of nitrogens with zero attached hydrogens (tertiary/aromatic N) is 2. The summed E-state index contributed by atoms with van der Waals surface area (Å²) in [5.74, 6) is 0.746. The van der Waals surface area contributed by atoms with Crippen molar-refractivity contribution in [3.63, 3.8) is 0 Å². The van der Waals surface area contributed by atoms with E-state index in [4.69, 9.17) is 34.8 Å². The molecule has 2 atom stereocenters. The Kier molecular flexibility index (Phi) is 5.65. The van der Waals surface area contributed by atoms with Gasteiger partial charge in [-0.1, -0.05) is 53.0 Å². The van der Waals surface area contributed by atoms with Gasteiger partial charge in [-0.05, 0) is 42.2 Å². The van der Waals surface area contributed by atoms with Crippen LogP contribution >= 0.6 is 34.8 Å². The van der Waals surface area contributed by atoms with Crippen LogP contribution in [0.25, 0.3) is 0 Å². The molecule has 1 aliphatic carbocycles. The Morgan fingerprint density at radius 2 is 1.56 bits per heavy atom. The molecule has 2 aliphatic rings. The Bertz CT molecular complexity index is 812. The second-order valence-electron chi connectivity index (χ2n) is 7.30. The van der Waals surface area contributed by atoms with Crippen LogP contribution in [-0.2, 0) is 11.3 Å². The molecule has 4 rings (SSSR count). The lowest BCUT2D eigenvalue weighted by Gasteiger charge is -2.35. The summed E-state index contributed by atoms with van der Waals surface area (Å²) in [6.07, 6.45) is 0.940. The van der Waals surface area contributed by atoms with Gasteiger partial charge in [-0.25, -0.2) is 0 Å². The van der Waals surface area contributed by atoms with E-state index >= 15 is 0 Å². The van der Waals surface area contributed by atoms with Gasteiger partial charge in [0.1, 0.15) is 0 Å². The van der Waals surface area contributed by atoms with E-state index in [1.807, 2.05) is 47.4 Å². The third kappa shape index (κ3) is 4.27. The summed E-state index contributed by atoms with van der Waals surface area (Å²) in [5.41, 5.74) is 2.18. The highest BCUT2D eigenvalue weighted by atomic mass is 35.5. The molecule has 3 nitrogen and oxygen atoms in total. The summed E-state index contributed by atoms with van der Waals surface area (Å²) < 4.78 is 0. The zero-order valence-corrected chi connectivity index (χ0v) is 17.1. The third-order valence-electron chi connectivity index (χ3n) is 5.53. The second kappa shape index (κ2) is 8.00. The molecule has 1 saturated carbocycles. The van der Waals surface area contributed by atoms with Gasteiger partial charge in [0, 0.05) is 59.3 Å². The molecule has 6 heteroatoms. The predicted molar refractivity (Wildman–Crippen MR) is 111 cm³/mol. The average molecular weight is 424 g/mol. The van der Waals surface area contributed by atoms with Crippen LogP contribution in [0.1, 0.15) is 23.5 Å². The minimum atomic E-state index is 0.121. The van der Waals surface area contributed by atoms with E-state index in [-0.39, 0.29) is 11.8 Å². The monoisotopic (exact) mass is 422 g/mol. The topological polar surface area (TPSA) is 23.6 Å². The van der Waals surface area contributed by atoms with Crippen LogP contribution in [0.4, 0.5) is 0 Å². The molecule has 2 unspecified atom stereocenters. The molecule has 0 N–H and O–H groups in total. The van der Waals surface area contributed by atoms with Crippen molar-refractivity contribution < 1.29 is 4.79 Å². The van der Waals surface area contributed by atoms with Crippen LogP contribution in [-0.4, -0.2) is 41.9 Å². The molecule has 2 aromatic carbocycles. The fourth-order valence-electron chi connectivity index (χ4n) is 3.81. The number of rotatable bonds is 4. The molecule has 1 heterocycles. The third-order valence-corrected chi connectivity index (χ3v) is 6.49. The van der Waals surface area contributed by atoms with E-state index in [1.165, 1.54) is 5.56 Å². The highest BCUT2D eigenvalue weighted by molar-refractivity contribution is 6.36. The molecule has 27 heavy (non-hydrogen) atoms. The summed E-state index contributed by atoms with van der Waals surface area (Å²) in [6.45, 7) is 3.91. The fourth-order valence-corrected chi connectivity index (χ4v) is 4.46. The summed E-state index contributed by atoms with van der Waals surface area (Å²) >= 11 is 18.5. The maximum atomic E-state index is 12.8. The molecule has 0 radical (unpaired) electrons. The fraction of sp³-hybridized carbons (Fsp3) is 0.381. The first-order valence-corrected chi connectivity index (χ1v) is 10.4. The lowest BCUT2D eigenvalue weighted by molar-refractivity contribution is -0.134. The summed E-state index contributed by atoms with van der Waals surface area (Å²) in [6, 6.07) is 13.5. The first kappa shape index (κ1) is 19.1. The summed E-state index contributed by atoms with van der Waals surface area (Å²) in [5, 5.41) is 2.13. The zero-order valence-electron chi connectivity index (χ0n) is 14.9. The number of hydrogen-bond acceptors (Lipinski definition) is 2. The van der Waals surface area contributed by atoms with E-state index < -0.39 is 0 Å². The van der Waals surface area contributed by atoms with Crippen molar-refractivity contribution in [1.29, 1.82) is 0 Å². The van der Waals surface area contributed by atoms with Crippen molar-refractivity contribution in [2.75, 3.05) is 26.2 Å². The zero-order chi connectivity index (χ0) is 19.0. The number of halogens is 3. The van der Waals surface area contributed by atoms with Gasteiger partial charge in [0.25, 0.3) is 0 Å². The molecule has 0 bridgehead atoms. The minimum Gasteiger partial charge on any atom is -0.340 e. The largest absolute Gasteiger partial charge is 0.340 e. The van der Waals surface area contributed by atoms with Gasteiger partial charge in [0.05, 0.1) is 0 Å². The van der Waals surface area contributed by atoms with Crippen LogP contribution in [0.15, 0.2) is 42.5 Å². The maximum Gasteiger partial charge on any atom is 0.226 e. The summed E-state index contributed by atoms with van der Waals surface area (Å²) in [7, 11) is 0. The lowest BCUT2D eigenvalue weighted by atomic mass is 10.1. The van der Waals surface area contributed by atoms with Gasteiger partial charge in [-0.3, -0.25) is 9.69 Å². The van der Waals surface area contributed by atoms with Gasteiger partial charge >= 0.3 is 0 Å². The van der Waals surface area contributed by atoms with E-state index in [1.54, 1.807) is 0 Å². The van der Waals surface area contributed by atoms with Crippen LogP contribution in [0, 0.1) is 5.92 Å². The predicted octanol–water partition coefficient (Wildman–Crippen LogP) is 5.09. The number of amides is 1. The lowest BCUT2D eigenvalue weighted by Crippen LogP contribution is -2.48. The normalized spacial score (nSPS) is 22.7. The molecule has 142 valence electrons. The molecular weight excluding hydrogens is 403 g/mol. The number of benzene rings is 2. The Balaban J connectivity index is 1.31. The van der Waals surface area contributed by atoms with E-state index in [2.05, 4.69) is 4.90 Å². The van der Waals surface area contributed by atoms with Gasteiger partial charge in [0.2, 0.25) is 5.91 Å². The highest BCUT2D eigenvalue weighted by Crippen LogP contribution is 2.48. The van der Waals surface area contributed by atoms with Gasteiger partial charge in [-0.2, -0.15) is 0 Å². The molecule has 0 spiro atoms. The maximum absolute atomic E-state index is 12.8. The van der Waals surface area contributed by atoms with Crippen molar-refractivity contribution >= 4 is 40.7 Å². The van der Waals surface area contributed by atoms with Crippen LogP contribution in [0.5, 0.6) is 0 Å². The molecule has 1 saturated heterocycles. The molecular formula is C21H21Cl3N2O. The Morgan fingerprint density at radius 1 is 0.926 bits per heavy atom. The number of carbonyl (C=O) groups excluding carboxylic acids is 1. The van der Waals surface area contributed by atoms with Gasteiger partial charge in [0.15, 0.2) is 0 Å². The van der Waals surface area contributed by atoms with Crippen molar-refractivity contribution in [2.24, 2.45) is 5.92 Å². The molecule has 2 aromatic rings. The van der Waals surface area contributed by atoms with Gasteiger partial charge < -0.3 is 4.90 Å².